The minimum absolute atomic E-state index is 0.466. The molecule has 0 aromatic carbocycles. The van der Waals surface area contributed by atoms with E-state index in [1.165, 1.54) is 0 Å². The van der Waals surface area contributed by atoms with Crippen molar-refractivity contribution in [2.24, 2.45) is 7.05 Å². The minimum atomic E-state index is 0.466. The Labute approximate surface area is 76.9 Å². The second-order valence-corrected chi connectivity index (χ2v) is 3.37. The van der Waals surface area contributed by atoms with Crippen molar-refractivity contribution in [2.75, 3.05) is 18.9 Å². The maximum atomic E-state index is 5.74. The maximum Gasteiger partial charge on any atom is 0.169 e. The van der Waals surface area contributed by atoms with E-state index in [9.17, 15) is 0 Å². The first kappa shape index (κ1) is 8.50. The van der Waals surface area contributed by atoms with Crippen LogP contribution in [0.1, 0.15) is 24.5 Å². The number of hydrogen-bond acceptors (Lipinski definition) is 4. The molecule has 5 heteroatoms. The van der Waals surface area contributed by atoms with Crippen LogP contribution in [0.15, 0.2) is 0 Å². The molecular weight excluding hydrogens is 168 g/mol. The summed E-state index contributed by atoms with van der Waals surface area (Å²) in [7, 11) is 1.88. The van der Waals surface area contributed by atoms with Crippen LogP contribution >= 0.6 is 0 Å². The highest BCUT2D eigenvalue weighted by Crippen LogP contribution is 2.28. The zero-order chi connectivity index (χ0) is 9.26. The average Bonchev–Trinajstić information content (AvgIpc) is 2.48. The Morgan fingerprint density at radius 2 is 2.15 bits per heavy atom. The van der Waals surface area contributed by atoms with E-state index >= 15 is 0 Å². The molecule has 0 unspecified atom stereocenters. The number of anilines is 1. The molecule has 0 aliphatic carbocycles. The summed E-state index contributed by atoms with van der Waals surface area (Å²) in [6.45, 7) is 1.63. The van der Waals surface area contributed by atoms with Gasteiger partial charge >= 0.3 is 0 Å². The summed E-state index contributed by atoms with van der Waals surface area (Å²) in [4.78, 5) is 0. The lowest BCUT2D eigenvalue weighted by atomic mass is 9.96. The van der Waals surface area contributed by atoms with Crippen molar-refractivity contribution in [3.05, 3.63) is 5.69 Å². The fourth-order valence-corrected chi connectivity index (χ4v) is 1.82. The molecule has 0 radical (unpaired) electrons. The summed E-state index contributed by atoms with van der Waals surface area (Å²) < 4.78 is 7.06. The fraction of sp³-hybridized carbons (Fsp3) is 0.750. The average molecular weight is 182 g/mol. The van der Waals surface area contributed by atoms with E-state index in [0.29, 0.717) is 11.7 Å². The summed E-state index contributed by atoms with van der Waals surface area (Å²) in [5.74, 6) is 1.03. The molecule has 72 valence electrons. The van der Waals surface area contributed by atoms with Gasteiger partial charge in [0, 0.05) is 26.2 Å². The van der Waals surface area contributed by atoms with Gasteiger partial charge in [-0.25, -0.2) is 4.68 Å². The van der Waals surface area contributed by atoms with E-state index < -0.39 is 0 Å². The lowest BCUT2D eigenvalue weighted by molar-refractivity contribution is 0.0839. The lowest BCUT2D eigenvalue weighted by Crippen LogP contribution is -2.17. The van der Waals surface area contributed by atoms with Crippen LogP contribution in [-0.2, 0) is 11.8 Å². The van der Waals surface area contributed by atoms with Crippen molar-refractivity contribution in [3.8, 4) is 0 Å². The van der Waals surface area contributed by atoms with Gasteiger partial charge in [0.2, 0.25) is 0 Å². The number of hydrogen-bond donors (Lipinski definition) is 1. The molecule has 2 heterocycles. The summed E-state index contributed by atoms with van der Waals surface area (Å²) >= 11 is 0. The van der Waals surface area contributed by atoms with Crippen molar-refractivity contribution in [2.45, 2.75) is 18.8 Å². The van der Waals surface area contributed by atoms with E-state index in [1.54, 1.807) is 4.68 Å². The second-order valence-electron chi connectivity index (χ2n) is 3.37. The molecule has 1 fully saturated rings. The topological polar surface area (TPSA) is 66.0 Å². The zero-order valence-corrected chi connectivity index (χ0v) is 7.73. The zero-order valence-electron chi connectivity index (χ0n) is 7.73. The van der Waals surface area contributed by atoms with E-state index in [0.717, 1.165) is 31.7 Å². The Morgan fingerprint density at radius 3 is 2.69 bits per heavy atom. The number of nitrogens with zero attached hydrogens (tertiary/aromatic N) is 3. The molecule has 0 bridgehead atoms. The molecule has 0 saturated carbocycles. The van der Waals surface area contributed by atoms with Gasteiger partial charge in [0.15, 0.2) is 5.82 Å². The Balaban J connectivity index is 2.22. The van der Waals surface area contributed by atoms with Crippen molar-refractivity contribution >= 4 is 5.82 Å². The van der Waals surface area contributed by atoms with Gasteiger partial charge in [-0.3, -0.25) is 0 Å². The van der Waals surface area contributed by atoms with Crippen LogP contribution in [0.25, 0.3) is 0 Å². The van der Waals surface area contributed by atoms with Crippen LogP contribution in [-0.4, -0.2) is 28.2 Å². The molecule has 13 heavy (non-hydrogen) atoms. The summed E-state index contributed by atoms with van der Waals surface area (Å²) in [5, 5.41) is 7.73. The molecule has 0 atom stereocenters. The Kier molecular flexibility index (Phi) is 2.18. The molecule has 1 aromatic rings. The summed E-state index contributed by atoms with van der Waals surface area (Å²) in [6, 6.07) is 0. The second kappa shape index (κ2) is 3.33. The van der Waals surface area contributed by atoms with Crippen LogP contribution < -0.4 is 5.73 Å². The van der Waals surface area contributed by atoms with E-state index in [2.05, 4.69) is 10.3 Å². The van der Waals surface area contributed by atoms with Gasteiger partial charge in [0.1, 0.15) is 0 Å². The number of aromatic nitrogens is 3. The van der Waals surface area contributed by atoms with Crippen molar-refractivity contribution < 1.29 is 4.74 Å². The number of nitrogen functional groups attached to an aromatic ring is 1. The first-order valence-electron chi connectivity index (χ1n) is 4.52. The Hall–Kier alpha value is -1.10. The van der Waals surface area contributed by atoms with Crippen LogP contribution in [0.4, 0.5) is 5.82 Å². The van der Waals surface area contributed by atoms with Crippen LogP contribution in [0.2, 0.25) is 0 Å². The highest BCUT2D eigenvalue weighted by molar-refractivity contribution is 5.35. The quantitative estimate of drug-likeness (QED) is 0.678. The van der Waals surface area contributed by atoms with E-state index in [1.807, 2.05) is 7.05 Å². The number of nitrogens with two attached hydrogens (primary N) is 1. The molecule has 1 aliphatic heterocycles. The standard InChI is InChI=1S/C8H14N4O/c1-12-7(8(9)10-11-12)6-2-4-13-5-3-6/h6H,2-5,9H2,1H3. The molecule has 0 spiro atoms. The third-order valence-electron chi connectivity index (χ3n) is 2.51. The highest BCUT2D eigenvalue weighted by atomic mass is 16.5. The normalized spacial score (nSPS) is 19.2. The molecule has 2 N–H and O–H groups in total. The Morgan fingerprint density at radius 1 is 1.46 bits per heavy atom. The summed E-state index contributed by atoms with van der Waals surface area (Å²) in [5.41, 5.74) is 6.80. The third kappa shape index (κ3) is 1.51. The van der Waals surface area contributed by atoms with Crippen LogP contribution in [0, 0.1) is 0 Å². The lowest BCUT2D eigenvalue weighted by Gasteiger charge is -2.21. The molecule has 1 aliphatic rings. The maximum absolute atomic E-state index is 5.74. The van der Waals surface area contributed by atoms with Crippen LogP contribution in [0.3, 0.4) is 0 Å². The molecule has 1 saturated heterocycles. The molecule has 1 aromatic heterocycles. The van der Waals surface area contributed by atoms with Gasteiger partial charge in [-0.05, 0) is 12.8 Å². The van der Waals surface area contributed by atoms with Gasteiger partial charge in [-0.2, -0.15) is 0 Å². The number of rotatable bonds is 1. The largest absolute Gasteiger partial charge is 0.381 e. The predicted molar refractivity (Wildman–Crippen MR) is 48.2 cm³/mol. The van der Waals surface area contributed by atoms with Crippen molar-refractivity contribution in [1.29, 1.82) is 0 Å². The van der Waals surface area contributed by atoms with Gasteiger partial charge in [-0.15, -0.1) is 5.10 Å². The van der Waals surface area contributed by atoms with Gasteiger partial charge in [-0.1, -0.05) is 5.21 Å². The first-order valence-corrected chi connectivity index (χ1v) is 4.52. The number of aryl methyl sites for hydroxylation is 1. The molecular formula is C8H14N4O. The molecule has 2 rings (SSSR count). The SMILES string of the molecule is Cn1nnc(N)c1C1CCOCC1. The summed E-state index contributed by atoms with van der Waals surface area (Å²) in [6.07, 6.45) is 2.04. The van der Waals surface area contributed by atoms with E-state index in [-0.39, 0.29) is 0 Å². The predicted octanol–water partition coefficient (Wildman–Crippen LogP) is 0.291. The third-order valence-corrected chi connectivity index (χ3v) is 2.51. The van der Waals surface area contributed by atoms with Crippen molar-refractivity contribution in [3.63, 3.8) is 0 Å². The smallest absolute Gasteiger partial charge is 0.169 e. The first-order chi connectivity index (χ1) is 6.29. The van der Waals surface area contributed by atoms with Gasteiger partial charge < -0.3 is 10.5 Å². The molecule has 5 nitrogen and oxygen atoms in total. The van der Waals surface area contributed by atoms with Gasteiger partial charge in [0.05, 0.1) is 5.69 Å². The minimum Gasteiger partial charge on any atom is -0.381 e. The fourth-order valence-electron chi connectivity index (χ4n) is 1.82. The van der Waals surface area contributed by atoms with Gasteiger partial charge in [0.25, 0.3) is 0 Å². The number of ether oxygens (including phenoxy) is 1. The van der Waals surface area contributed by atoms with E-state index in [4.69, 9.17) is 10.5 Å². The van der Waals surface area contributed by atoms with Crippen LogP contribution in [0.5, 0.6) is 0 Å². The Bertz CT molecular complexity index is 271. The molecule has 0 amide bonds. The van der Waals surface area contributed by atoms with Crippen molar-refractivity contribution in [1.82, 2.24) is 15.0 Å². The highest BCUT2D eigenvalue weighted by Gasteiger charge is 2.22. The monoisotopic (exact) mass is 182 g/mol.